The Morgan fingerprint density at radius 3 is 2.46 bits per heavy atom. The van der Waals surface area contributed by atoms with Gasteiger partial charge in [0, 0.05) is 73.4 Å². The lowest BCUT2D eigenvalue weighted by Crippen LogP contribution is -2.48. The van der Waals surface area contributed by atoms with Gasteiger partial charge in [-0.2, -0.15) is 0 Å². The number of anilines is 1. The van der Waals surface area contributed by atoms with E-state index < -0.39 is 0 Å². The van der Waals surface area contributed by atoms with Gasteiger partial charge in [-0.25, -0.2) is 4.98 Å². The van der Waals surface area contributed by atoms with Gasteiger partial charge in [-0.1, -0.05) is 18.2 Å². The quantitative estimate of drug-likeness (QED) is 0.480. The smallest absolute Gasteiger partial charge is 0.256 e. The van der Waals surface area contributed by atoms with E-state index in [0.717, 1.165) is 59.9 Å². The minimum absolute atomic E-state index is 0.0929. The summed E-state index contributed by atoms with van der Waals surface area (Å²) in [6.45, 7) is 3.49. The van der Waals surface area contributed by atoms with Crippen LogP contribution in [0.25, 0.3) is 5.57 Å². The van der Waals surface area contributed by atoms with Crippen molar-refractivity contribution in [2.75, 3.05) is 45.3 Å². The number of ether oxygens (including phenoxy) is 2. The summed E-state index contributed by atoms with van der Waals surface area (Å²) in [5, 5.41) is 2.05. The van der Waals surface area contributed by atoms with Crippen molar-refractivity contribution in [2.24, 2.45) is 0 Å². The van der Waals surface area contributed by atoms with Crippen LogP contribution in [0.5, 0.6) is 11.5 Å². The first kappa shape index (κ1) is 23.2. The van der Waals surface area contributed by atoms with E-state index in [1.807, 2.05) is 34.8 Å². The van der Waals surface area contributed by atoms with Crippen LogP contribution in [-0.2, 0) is 6.54 Å². The van der Waals surface area contributed by atoms with E-state index in [1.165, 1.54) is 5.57 Å². The second-order valence-corrected chi connectivity index (χ2v) is 9.47. The third-order valence-electron chi connectivity index (χ3n) is 6.57. The maximum absolute atomic E-state index is 13.7. The van der Waals surface area contributed by atoms with Crippen LogP contribution in [0, 0.1) is 0 Å². The molecule has 1 amide bonds. The molecule has 0 unspecified atom stereocenters. The Morgan fingerprint density at radius 1 is 1.06 bits per heavy atom. The molecular weight excluding hydrogens is 460 g/mol. The molecule has 0 bridgehead atoms. The molecule has 1 saturated heterocycles. The molecule has 0 saturated carbocycles. The third-order valence-corrected chi connectivity index (χ3v) is 7.20. The summed E-state index contributed by atoms with van der Waals surface area (Å²) in [4.78, 5) is 22.4. The average molecular weight is 491 g/mol. The monoisotopic (exact) mass is 490 g/mol. The maximum atomic E-state index is 13.7. The molecule has 1 aromatic carbocycles. The molecule has 1 fully saturated rings. The number of carbonyl (C=O) groups excluding carboxylic acids is 1. The van der Waals surface area contributed by atoms with Crippen LogP contribution in [0.4, 0.5) is 5.69 Å². The molecule has 5 rings (SSSR count). The molecule has 3 aromatic rings. The van der Waals surface area contributed by atoms with E-state index in [4.69, 9.17) is 9.47 Å². The van der Waals surface area contributed by atoms with Crippen molar-refractivity contribution in [3.63, 3.8) is 0 Å². The number of amides is 1. The van der Waals surface area contributed by atoms with Crippen molar-refractivity contribution < 1.29 is 14.3 Å². The van der Waals surface area contributed by atoms with Crippen LogP contribution in [0.15, 0.2) is 59.7 Å². The van der Waals surface area contributed by atoms with Crippen molar-refractivity contribution in [3.8, 4) is 11.5 Å². The molecule has 2 aromatic heterocycles. The van der Waals surface area contributed by atoms with Gasteiger partial charge in [-0.15, -0.1) is 11.3 Å². The number of methoxy groups -OCH3 is 2. The fourth-order valence-electron chi connectivity index (χ4n) is 4.67. The van der Waals surface area contributed by atoms with E-state index in [-0.39, 0.29) is 5.91 Å². The summed E-state index contributed by atoms with van der Waals surface area (Å²) in [5.74, 6) is 1.62. The van der Waals surface area contributed by atoms with Crippen LogP contribution in [-0.4, -0.2) is 60.8 Å². The first-order valence-electron chi connectivity index (χ1n) is 11.8. The molecule has 0 atom stereocenters. The lowest BCUT2D eigenvalue weighted by Gasteiger charge is -2.36. The van der Waals surface area contributed by atoms with Gasteiger partial charge < -0.3 is 23.8 Å². The van der Waals surface area contributed by atoms with Crippen LogP contribution >= 0.6 is 11.3 Å². The Kier molecular flexibility index (Phi) is 6.90. The number of hydrogen-bond acceptors (Lipinski definition) is 6. The SMILES string of the molecule is COc1cc(OC)cc(N2CCN(C(=O)c3cn(Cc4cscn4)cc3C3=CC=CCC3)CC2)c1. The minimum atomic E-state index is 0.0929. The van der Waals surface area contributed by atoms with Gasteiger partial charge in [0.15, 0.2) is 0 Å². The number of rotatable bonds is 7. The van der Waals surface area contributed by atoms with Crippen LogP contribution in [0.1, 0.15) is 34.5 Å². The van der Waals surface area contributed by atoms with Gasteiger partial charge in [-0.05, 0) is 18.4 Å². The molecule has 0 spiro atoms. The summed E-state index contributed by atoms with van der Waals surface area (Å²) in [6, 6.07) is 5.90. The zero-order chi connectivity index (χ0) is 24.2. The number of carbonyl (C=O) groups is 1. The molecular formula is C27H30N4O3S. The highest BCUT2D eigenvalue weighted by molar-refractivity contribution is 7.07. The lowest BCUT2D eigenvalue weighted by atomic mass is 9.96. The predicted octanol–water partition coefficient (Wildman–Crippen LogP) is 4.71. The molecule has 7 nitrogen and oxygen atoms in total. The Bertz CT molecular complexity index is 1220. The van der Waals surface area contributed by atoms with Crippen molar-refractivity contribution in [1.29, 1.82) is 0 Å². The fraction of sp³-hybridized carbons (Fsp3) is 0.333. The molecule has 0 N–H and O–H groups in total. The van der Waals surface area contributed by atoms with Gasteiger partial charge in [0.25, 0.3) is 5.91 Å². The summed E-state index contributed by atoms with van der Waals surface area (Å²) >= 11 is 1.59. The first-order chi connectivity index (χ1) is 17.1. The average Bonchev–Trinajstić information content (AvgIpc) is 3.59. The fourth-order valence-corrected chi connectivity index (χ4v) is 5.22. The van der Waals surface area contributed by atoms with Crippen LogP contribution in [0.3, 0.4) is 0 Å². The number of allylic oxidation sites excluding steroid dienone is 4. The first-order valence-corrected chi connectivity index (χ1v) is 12.8. The number of thiazole rings is 1. The summed E-state index contributed by atoms with van der Waals surface area (Å²) in [5.41, 5.74) is 6.93. The summed E-state index contributed by atoms with van der Waals surface area (Å²) < 4.78 is 12.9. The number of nitrogens with zero attached hydrogens (tertiary/aromatic N) is 4. The predicted molar refractivity (Wildman–Crippen MR) is 140 cm³/mol. The Morgan fingerprint density at radius 2 is 1.83 bits per heavy atom. The van der Waals surface area contributed by atoms with Crippen molar-refractivity contribution in [3.05, 3.63) is 76.5 Å². The molecule has 0 radical (unpaired) electrons. The van der Waals surface area contributed by atoms with Crippen LogP contribution < -0.4 is 14.4 Å². The molecule has 35 heavy (non-hydrogen) atoms. The third kappa shape index (κ3) is 5.12. The zero-order valence-electron chi connectivity index (χ0n) is 20.1. The number of piperazine rings is 1. The molecule has 1 aliphatic heterocycles. The summed E-state index contributed by atoms with van der Waals surface area (Å²) in [6.07, 6.45) is 12.4. The largest absolute Gasteiger partial charge is 0.497 e. The summed E-state index contributed by atoms with van der Waals surface area (Å²) in [7, 11) is 3.32. The number of aromatic nitrogens is 2. The lowest BCUT2D eigenvalue weighted by molar-refractivity contribution is 0.0746. The van der Waals surface area contributed by atoms with Crippen LogP contribution in [0.2, 0.25) is 0 Å². The van der Waals surface area contributed by atoms with Gasteiger partial charge in [0.05, 0.1) is 37.5 Å². The van der Waals surface area contributed by atoms with E-state index in [0.29, 0.717) is 19.6 Å². The van der Waals surface area contributed by atoms with E-state index in [9.17, 15) is 4.79 Å². The molecule has 3 heterocycles. The maximum Gasteiger partial charge on any atom is 0.256 e. The second kappa shape index (κ2) is 10.4. The number of hydrogen-bond donors (Lipinski definition) is 0. The van der Waals surface area contributed by atoms with Crippen molar-refractivity contribution >= 4 is 28.5 Å². The Labute approximate surface area is 209 Å². The number of benzene rings is 1. The topological polar surface area (TPSA) is 59.8 Å². The Hall–Kier alpha value is -3.52. The highest BCUT2D eigenvalue weighted by Gasteiger charge is 2.27. The van der Waals surface area contributed by atoms with Gasteiger partial charge in [0.2, 0.25) is 0 Å². The highest BCUT2D eigenvalue weighted by atomic mass is 32.1. The zero-order valence-corrected chi connectivity index (χ0v) is 21.0. The van der Waals surface area contributed by atoms with Gasteiger partial charge >= 0.3 is 0 Å². The van der Waals surface area contributed by atoms with E-state index in [2.05, 4.69) is 44.3 Å². The molecule has 2 aliphatic rings. The Balaban J connectivity index is 1.34. The minimum Gasteiger partial charge on any atom is -0.497 e. The van der Waals surface area contributed by atoms with Gasteiger partial charge in [0.1, 0.15) is 11.5 Å². The van der Waals surface area contributed by atoms with E-state index in [1.54, 1.807) is 25.6 Å². The van der Waals surface area contributed by atoms with Crippen molar-refractivity contribution in [2.45, 2.75) is 19.4 Å². The van der Waals surface area contributed by atoms with Gasteiger partial charge in [-0.3, -0.25) is 4.79 Å². The normalized spacial score (nSPS) is 15.8. The standard InChI is InChI=1S/C27H30N4O3S/c1-33-23-12-22(13-24(14-23)34-2)30-8-10-31(11-9-30)27(32)26-17-29(15-21-18-35-19-28-21)16-25(26)20-6-4-3-5-7-20/h3-4,6,12-14,16-19H,5,7-11,15H2,1-2H3. The van der Waals surface area contributed by atoms with Crippen molar-refractivity contribution in [1.82, 2.24) is 14.5 Å². The molecule has 1 aliphatic carbocycles. The highest BCUT2D eigenvalue weighted by Crippen LogP contribution is 2.31. The molecule has 8 heteroatoms. The second-order valence-electron chi connectivity index (χ2n) is 8.75. The molecule has 182 valence electrons. The van der Waals surface area contributed by atoms with E-state index >= 15 is 0 Å².